The van der Waals surface area contributed by atoms with Crippen LogP contribution in [0.1, 0.15) is 30.3 Å². The van der Waals surface area contributed by atoms with Crippen LogP contribution in [0.4, 0.5) is 0 Å². The van der Waals surface area contributed by atoms with Gasteiger partial charge in [-0.15, -0.1) is 11.3 Å². The molecule has 1 aromatic carbocycles. The topological polar surface area (TPSA) is 96.0 Å². The van der Waals surface area contributed by atoms with Gasteiger partial charge in [0.2, 0.25) is 5.91 Å². The lowest BCUT2D eigenvalue weighted by atomic mass is 10.1. The van der Waals surface area contributed by atoms with E-state index in [-0.39, 0.29) is 5.91 Å². The number of hydrogen-bond acceptors (Lipinski definition) is 7. The molecule has 178 valence electrons. The molecule has 0 radical (unpaired) electrons. The van der Waals surface area contributed by atoms with Crippen molar-refractivity contribution in [2.45, 2.75) is 39.3 Å². The van der Waals surface area contributed by atoms with Gasteiger partial charge in [-0.3, -0.25) is 4.79 Å². The van der Waals surface area contributed by atoms with Crippen LogP contribution in [0, 0.1) is 6.92 Å². The van der Waals surface area contributed by atoms with Crippen LogP contribution in [-0.4, -0.2) is 64.1 Å². The monoisotopic (exact) mass is 470 g/mol. The maximum absolute atomic E-state index is 10.6. The van der Waals surface area contributed by atoms with E-state index >= 15 is 0 Å². The second-order valence-electron chi connectivity index (χ2n) is 7.77. The third kappa shape index (κ3) is 11.0. The Morgan fingerprint density at radius 3 is 2.70 bits per heavy atom. The van der Waals surface area contributed by atoms with Gasteiger partial charge in [0.15, 0.2) is 0 Å². The number of para-hydroxylation sites is 1. The van der Waals surface area contributed by atoms with Gasteiger partial charge in [-0.2, -0.15) is 0 Å². The van der Waals surface area contributed by atoms with Gasteiger partial charge >= 0.3 is 0 Å². The quantitative estimate of drug-likeness (QED) is 0.603. The number of rotatable bonds is 3. The van der Waals surface area contributed by atoms with Crippen LogP contribution in [0.15, 0.2) is 54.7 Å². The maximum Gasteiger partial charge on any atom is 0.217 e. The molecule has 0 aliphatic carbocycles. The second-order valence-corrected chi connectivity index (χ2v) is 8.80. The number of ether oxygens (including phenoxy) is 1. The third-order valence-electron chi connectivity index (χ3n) is 4.62. The van der Waals surface area contributed by atoms with Crippen molar-refractivity contribution < 1.29 is 9.53 Å². The van der Waals surface area contributed by atoms with Gasteiger partial charge in [0.1, 0.15) is 6.33 Å². The number of benzene rings is 1. The molecule has 9 heteroatoms. The SMILES string of the molecule is CC(=O)NC1CCOCC1.CN(C)Cc1c[nH]c2ccccc12.Cc1nccncncs1. The highest BCUT2D eigenvalue weighted by Gasteiger charge is 2.13. The first-order chi connectivity index (χ1) is 16.0. The average Bonchev–Trinajstić information content (AvgIpc) is 3.23. The van der Waals surface area contributed by atoms with Crippen LogP contribution in [0.3, 0.4) is 0 Å². The molecule has 4 rings (SSSR count). The molecule has 1 amide bonds. The van der Waals surface area contributed by atoms with E-state index in [1.807, 2.05) is 6.92 Å². The predicted octanol–water partition coefficient (Wildman–Crippen LogP) is 3.90. The zero-order valence-electron chi connectivity index (χ0n) is 19.8. The molecule has 1 fully saturated rings. The zero-order valence-corrected chi connectivity index (χ0v) is 20.6. The molecule has 33 heavy (non-hydrogen) atoms. The van der Waals surface area contributed by atoms with E-state index in [1.54, 1.807) is 24.8 Å². The van der Waals surface area contributed by atoms with Gasteiger partial charge in [0.05, 0.1) is 10.5 Å². The Morgan fingerprint density at radius 1 is 1.21 bits per heavy atom. The van der Waals surface area contributed by atoms with Crippen molar-refractivity contribution in [3.63, 3.8) is 0 Å². The summed E-state index contributed by atoms with van der Waals surface area (Å²) in [6, 6.07) is 8.75. The summed E-state index contributed by atoms with van der Waals surface area (Å²) in [5.74, 6) is 0.0619. The summed E-state index contributed by atoms with van der Waals surface area (Å²) in [4.78, 5) is 27.7. The number of aryl methyl sites for hydroxylation is 1. The fraction of sp³-hybridized carbons (Fsp3) is 0.417. The summed E-state index contributed by atoms with van der Waals surface area (Å²) < 4.78 is 5.13. The van der Waals surface area contributed by atoms with Crippen LogP contribution in [0.25, 0.3) is 10.9 Å². The highest BCUT2D eigenvalue weighted by Crippen LogP contribution is 2.18. The molecule has 2 N–H and O–H groups in total. The van der Waals surface area contributed by atoms with E-state index in [2.05, 4.69) is 74.7 Å². The Kier molecular flexibility index (Phi) is 12.0. The summed E-state index contributed by atoms with van der Waals surface area (Å²) in [7, 11) is 4.17. The lowest BCUT2D eigenvalue weighted by Crippen LogP contribution is -2.37. The van der Waals surface area contributed by atoms with Crippen LogP contribution >= 0.6 is 11.3 Å². The van der Waals surface area contributed by atoms with Crippen molar-refractivity contribution in [1.82, 2.24) is 30.2 Å². The first-order valence-corrected chi connectivity index (χ1v) is 11.8. The number of H-pyrrole nitrogens is 1. The largest absolute Gasteiger partial charge is 0.381 e. The third-order valence-corrected chi connectivity index (χ3v) is 5.29. The molecule has 0 bridgehead atoms. The predicted molar refractivity (Wildman–Crippen MR) is 133 cm³/mol. The van der Waals surface area contributed by atoms with Gasteiger partial charge in [-0.1, -0.05) is 18.2 Å². The Labute approximate surface area is 199 Å². The normalized spacial score (nSPS) is 13.2. The van der Waals surface area contributed by atoms with E-state index in [0.717, 1.165) is 37.6 Å². The van der Waals surface area contributed by atoms with E-state index < -0.39 is 0 Å². The Hall–Kier alpha value is -2.88. The minimum atomic E-state index is 0.0619. The van der Waals surface area contributed by atoms with Crippen molar-refractivity contribution >= 4 is 28.1 Å². The standard InChI is InChI=1S/C11H14N2.C7H13NO2.C6H7N3S/c1-13(2)8-9-7-12-11-6-4-3-5-10(9)11;1-6(9)8-7-2-4-10-5-3-7;1-6-9-3-2-7-4-8-5-10-6/h3-7,12H,8H2,1-2H3;7H,2-5H2,1H3,(H,8,9);2-5H,1H3. The Balaban J connectivity index is 0.000000178. The van der Waals surface area contributed by atoms with Crippen molar-refractivity contribution in [3.8, 4) is 0 Å². The lowest BCUT2D eigenvalue weighted by Gasteiger charge is -2.22. The summed E-state index contributed by atoms with van der Waals surface area (Å²) in [6.07, 6.45) is 8.74. The number of hydrogen-bond donors (Lipinski definition) is 2. The van der Waals surface area contributed by atoms with E-state index in [9.17, 15) is 4.79 Å². The van der Waals surface area contributed by atoms with Crippen LogP contribution in [-0.2, 0) is 16.1 Å². The molecule has 1 saturated heterocycles. The lowest BCUT2D eigenvalue weighted by molar-refractivity contribution is -0.120. The average molecular weight is 471 g/mol. The van der Waals surface area contributed by atoms with E-state index in [1.165, 1.54) is 34.1 Å². The van der Waals surface area contributed by atoms with Gasteiger partial charge in [-0.25, -0.2) is 15.0 Å². The van der Waals surface area contributed by atoms with Gasteiger partial charge in [0, 0.05) is 62.2 Å². The first-order valence-electron chi connectivity index (χ1n) is 10.9. The van der Waals surface area contributed by atoms with Gasteiger partial charge < -0.3 is 19.9 Å². The number of fused-ring (bicyclic) bond motifs is 1. The number of carbonyl (C=O) groups is 1. The smallest absolute Gasteiger partial charge is 0.217 e. The van der Waals surface area contributed by atoms with Gasteiger partial charge in [0.25, 0.3) is 0 Å². The van der Waals surface area contributed by atoms with E-state index in [4.69, 9.17) is 4.74 Å². The molecular weight excluding hydrogens is 436 g/mol. The highest BCUT2D eigenvalue weighted by atomic mass is 32.1. The second kappa shape index (κ2) is 15.0. The molecule has 3 heterocycles. The van der Waals surface area contributed by atoms with E-state index in [0.29, 0.717) is 6.04 Å². The Morgan fingerprint density at radius 2 is 1.97 bits per heavy atom. The molecule has 2 aromatic heterocycles. The molecule has 3 aromatic rings. The van der Waals surface area contributed by atoms with Crippen LogP contribution < -0.4 is 5.32 Å². The molecule has 0 unspecified atom stereocenters. The van der Waals surface area contributed by atoms with Crippen molar-refractivity contribution in [2.24, 2.45) is 0 Å². The fourth-order valence-electron chi connectivity index (χ4n) is 3.15. The Bertz CT molecular complexity index is 988. The van der Waals surface area contributed by atoms with Crippen LogP contribution in [0.5, 0.6) is 0 Å². The molecular formula is C24H34N6O2S. The molecule has 8 nitrogen and oxygen atoms in total. The zero-order chi connectivity index (χ0) is 23.9. The van der Waals surface area contributed by atoms with Crippen molar-refractivity contribution in [1.29, 1.82) is 0 Å². The molecule has 1 aliphatic rings. The molecule has 0 spiro atoms. The molecule has 0 atom stereocenters. The minimum Gasteiger partial charge on any atom is -0.381 e. The number of aromatic nitrogens is 4. The maximum atomic E-state index is 10.6. The van der Waals surface area contributed by atoms with Crippen LogP contribution in [0.2, 0.25) is 0 Å². The number of amides is 1. The number of aromatic amines is 1. The number of nitrogens with zero attached hydrogens (tertiary/aromatic N) is 4. The summed E-state index contributed by atoms with van der Waals surface area (Å²) >= 11 is 1.48. The summed E-state index contributed by atoms with van der Waals surface area (Å²) in [5, 5.41) is 5.16. The highest BCUT2D eigenvalue weighted by molar-refractivity contribution is 7.08. The summed E-state index contributed by atoms with van der Waals surface area (Å²) in [5.41, 5.74) is 4.29. The fourth-order valence-corrected chi connectivity index (χ4v) is 3.54. The first kappa shape index (κ1) is 26.4. The number of nitrogens with one attached hydrogen (secondary N) is 2. The van der Waals surface area contributed by atoms with Crippen molar-refractivity contribution in [2.75, 3.05) is 27.3 Å². The molecule has 1 aliphatic heterocycles. The minimum absolute atomic E-state index is 0.0619. The number of carbonyl (C=O) groups excluding carboxylic acids is 1. The molecule has 0 saturated carbocycles. The van der Waals surface area contributed by atoms with Crippen molar-refractivity contribution in [3.05, 3.63) is 65.3 Å². The van der Waals surface area contributed by atoms with Gasteiger partial charge in [-0.05, 0) is 45.5 Å². The summed E-state index contributed by atoms with van der Waals surface area (Å²) in [6.45, 7) is 6.03.